The van der Waals surface area contributed by atoms with Crippen molar-refractivity contribution in [2.45, 2.75) is 83.7 Å². The molecule has 27 heavy (non-hydrogen) atoms. The standard InChI is InChI=1S/C18H37O8P/c1-2-3-4-5-6-7-8-9-10-12-18(21)24-13-11-14-25-27(22,23)26-16-17(20)15-19/h17,19-20H,2-16H2,1H3,(H,22,23)/t17-/m0/s1. The summed E-state index contributed by atoms with van der Waals surface area (Å²) >= 11 is 0. The molecule has 9 heteroatoms. The van der Waals surface area contributed by atoms with Crippen LogP contribution in [0.15, 0.2) is 0 Å². The average molecular weight is 412 g/mol. The van der Waals surface area contributed by atoms with Gasteiger partial charge in [-0.25, -0.2) is 4.57 Å². The zero-order valence-electron chi connectivity index (χ0n) is 16.5. The molecule has 0 rings (SSSR count). The predicted octanol–water partition coefficient (Wildman–Crippen LogP) is 3.33. The maximum atomic E-state index is 11.6. The van der Waals surface area contributed by atoms with Gasteiger partial charge < -0.3 is 19.8 Å². The highest BCUT2D eigenvalue weighted by molar-refractivity contribution is 7.47. The molecule has 0 aromatic rings. The first-order valence-electron chi connectivity index (χ1n) is 9.97. The molecule has 0 aliphatic carbocycles. The summed E-state index contributed by atoms with van der Waals surface area (Å²) < 4.78 is 25.6. The molecule has 0 saturated heterocycles. The molecule has 0 radical (unpaired) electrons. The largest absolute Gasteiger partial charge is 0.472 e. The molecule has 0 fully saturated rings. The van der Waals surface area contributed by atoms with E-state index < -0.39 is 27.1 Å². The van der Waals surface area contributed by atoms with Crippen LogP contribution in [0.25, 0.3) is 0 Å². The third-order valence-electron chi connectivity index (χ3n) is 3.93. The lowest BCUT2D eigenvalue weighted by Crippen LogP contribution is -2.19. The highest BCUT2D eigenvalue weighted by Gasteiger charge is 2.22. The van der Waals surface area contributed by atoms with Gasteiger partial charge in [-0.1, -0.05) is 58.3 Å². The molecule has 0 aromatic heterocycles. The van der Waals surface area contributed by atoms with Gasteiger partial charge in [-0.3, -0.25) is 13.8 Å². The molecule has 0 saturated carbocycles. The summed E-state index contributed by atoms with van der Waals surface area (Å²) in [5.74, 6) is -0.271. The van der Waals surface area contributed by atoms with Crippen molar-refractivity contribution in [3.63, 3.8) is 0 Å². The second-order valence-electron chi connectivity index (χ2n) is 6.59. The summed E-state index contributed by atoms with van der Waals surface area (Å²) in [6.45, 7) is 1.12. The molecule has 0 aromatic carbocycles. The molecule has 3 N–H and O–H groups in total. The van der Waals surface area contributed by atoms with Crippen molar-refractivity contribution in [2.24, 2.45) is 0 Å². The number of carbonyl (C=O) groups excluding carboxylic acids is 1. The second kappa shape index (κ2) is 17.6. The minimum atomic E-state index is -4.27. The lowest BCUT2D eigenvalue weighted by Gasteiger charge is -2.14. The van der Waals surface area contributed by atoms with Crippen LogP contribution in [0.3, 0.4) is 0 Å². The molecule has 0 amide bonds. The fourth-order valence-corrected chi connectivity index (χ4v) is 3.14. The molecule has 1 unspecified atom stereocenters. The van der Waals surface area contributed by atoms with Crippen molar-refractivity contribution in [1.82, 2.24) is 0 Å². The van der Waals surface area contributed by atoms with Crippen LogP contribution in [-0.4, -0.2) is 53.6 Å². The van der Waals surface area contributed by atoms with E-state index in [0.29, 0.717) is 6.42 Å². The zero-order valence-corrected chi connectivity index (χ0v) is 17.4. The third-order valence-corrected chi connectivity index (χ3v) is 4.92. The van der Waals surface area contributed by atoms with Crippen LogP contribution < -0.4 is 0 Å². The van der Waals surface area contributed by atoms with Crippen LogP contribution in [0.4, 0.5) is 0 Å². The lowest BCUT2D eigenvalue weighted by molar-refractivity contribution is -0.144. The van der Waals surface area contributed by atoms with Crippen LogP contribution in [0.5, 0.6) is 0 Å². The molecule has 0 aliphatic heterocycles. The first kappa shape index (κ1) is 26.5. The third kappa shape index (κ3) is 18.6. The monoisotopic (exact) mass is 412 g/mol. The van der Waals surface area contributed by atoms with Gasteiger partial charge in [0.1, 0.15) is 6.10 Å². The molecule has 0 aliphatic rings. The quantitative estimate of drug-likeness (QED) is 0.168. The molecular formula is C18H37O8P. The molecule has 8 nitrogen and oxygen atoms in total. The number of aliphatic hydroxyl groups excluding tert-OH is 2. The van der Waals surface area contributed by atoms with Crippen LogP contribution in [0.1, 0.15) is 77.6 Å². The number of ether oxygens (including phenoxy) is 1. The Kier molecular flexibility index (Phi) is 17.3. The van der Waals surface area contributed by atoms with E-state index in [1.54, 1.807) is 0 Å². The van der Waals surface area contributed by atoms with E-state index in [9.17, 15) is 14.3 Å². The average Bonchev–Trinajstić information content (AvgIpc) is 2.64. The summed E-state index contributed by atoms with van der Waals surface area (Å²) in [7, 11) is -4.27. The van der Waals surface area contributed by atoms with Crippen molar-refractivity contribution in [3.05, 3.63) is 0 Å². The molecule has 2 atom stereocenters. The molecule has 0 bridgehead atoms. The number of hydrogen-bond donors (Lipinski definition) is 3. The normalized spacial score (nSPS) is 14.7. The fraction of sp³-hybridized carbons (Fsp3) is 0.944. The topological polar surface area (TPSA) is 123 Å². The second-order valence-corrected chi connectivity index (χ2v) is 8.04. The van der Waals surface area contributed by atoms with Gasteiger partial charge in [0.05, 0.1) is 26.4 Å². The van der Waals surface area contributed by atoms with Gasteiger partial charge >= 0.3 is 13.8 Å². The van der Waals surface area contributed by atoms with Crippen LogP contribution in [0, 0.1) is 0 Å². The van der Waals surface area contributed by atoms with E-state index in [4.69, 9.17) is 14.9 Å². The minimum absolute atomic E-state index is 0.107. The Hall–Kier alpha value is -0.500. The van der Waals surface area contributed by atoms with E-state index in [1.807, 2.05) is 0 Å². The Labute approximate surface area is 162 Å². The van der Waals surface area contributed by atoms with E-state index >= 15 is 0 Å². The van der Waals surface area contributed by atoms with Gasteiger partial charge in [0, 0.05) is 12.8 Å². The van der Waals surface area contributed by atoms with Gasteiger partial charge in [0.25, 0.3) is 0 Å². The number of hydrogen-bond acceptors (Lipinski definition) is 7. The van der Waals surface area contributed by atoms with E-state index in [0.717, 1.165) is 19.3 Å². The van der Waals surface area contributed by atoms with Crippen molar-refractivity contribution < 1.29 is 38.3 Å². The van der Waals surface area contributed by atoms with Crippen molar-refractivity contribution in [3.8, 4) is 0 Å². The number of unbranched alkanes of at least 4 members (excludes halogenated alkanes) is 8. The maximum absolute atomic E-state index is 11.6. The Bertz CT molecular complexity index is 405. The number of phosphoric acid groups is 1. The fourth-order valence-electron chi connectivity index (χ4n) is 2.35. The molecular weight excluding hydrogens is 375 g/mol. The highest BCUT2D eigenvalue weighted by Crippen LogP contribution is 2.43. The van der Waals surface area contributed by atoms with Gasteiger partial charge in [0.15, 0.2) is 0 Å². The summed E-state index contributed by atoms with van der Waals surface area (Å²) in [6, 6.07) is 0. The maximum Gasteiger partial charge on any atom is 0.472 e. The van der Waals surface area contributed by atoms with Crippen LogP contribution in [0.2, 0.25) is 0 Å². The van der Waals surface area contributed by atoms with Gasteiger partial charge in [-0.05, 0) is 6.42 Å². The minimum Gasteiger partial charge on any atom is -0.466 e. The molecule has 162 valence electrons. The number of esters is 1. The van der Waals surface area contributed by atoms with E-state index in [2.05, 4.69) is 16.0 Å². The number of phosphoric ester groups is 1. The van der Waals surface area contributed by atoms with Crippen LogP contribution >= 0.6 is 7.82 Å². The Morgan fingerprint density at radius 3 is 2.11 bits per heavy atom. The number of aliphatic hydroxyl groups is 2. The summed E-state index contributed by atoms with van der Waals surface area (Å²) in [5, 5.41) is 17.6. The number of carbonyl (C=O) groups is 1. The van der Waals surface area contributed by atoms with Crippen LogP contribution in [-0.2, 0) is 23.1 Å². The summed E-state index contributed by atoms with van der Waals surface area (Å²) in [4.78, 5) is 20.9. The molecule has 0 heterocycles. The van der Waals surface area contributed by atoms with Crippen molar-refractivity contribution >= 4 is 13.8 Å². The van der Waals surface area contributed by atoms with E-state index in [1.165, 1.54) is 38.5 Å². The smallest absolute Gasteiger partial charge is 0.466 e. The highest BCUT2D eigenvalue weighted by atomic mass is 31.2. The first-order chi connectivity index (χ1) is 12.9. The molecule has 0 spiro atoms. The van der Waals surface area contributed by atoms with Crippen molar-refractivity contribution in [2.75, 3.05) is 26.4 Å². The Morgan fingerprint density at radius 2 is 1.52 bits per heavy atom. The SMILES string of the molecule is CCCCCCCCCCCC(=O)OCCCOP(=O)(O)OC[C@@H](O)CO. The van der Waals surface area contributed by atoms with Gasteiger partial charge in [-0.2, -0.15) is 0 Å². The van der Waals surface area contributed by atoms with Gasteiger partial charge in [0.2, 0.25) is 0 Å². The lowest BCUT2D eigenvalue weighted by atomic mass is 10.1. The van der Waals surface area contributed by atoms with Gasteiger partial charge in [-0.15, -0.1) is 0 Å². The number of rotatable bonds is 19. The summed E-state index contributed by atoms with van der Waals surface area (Å²) in [5.41, 5.74) is 0. The first-order valence-corrected chi connectivity index (χ1v) is 11.5. The van der Waals surface area contributed by atoms with Crippen molar-refractivity contribution in [1.29, 1.82) is 0 Å². The van der Waals surface area contributed by atoms with E-state index in [-0.39, 0.29) is 25.6 Å². The predicted molar refractivity (Wildman–Crippen MR) is 102 cm³/mol. The zero-order chi connectivity index (χ0) is 20.4. The summed E-state index contributed by atoms with van der Waals surface area (Å²) in [6.07, 6.45) is 10.1. The Morgan fingerprint density at radius 1 is 0.926 bits per heavy atom. The Balaban J connectivity index is 3.47.